The standard InChI is InChI=1S/2C20H21NO4/c2*22-20(15-9-5-2-6-10-15)25-19-16-13-24-21-17(16)11-18(19)23-12-14-7-3-1-4-8-14/h2*1-10,16-19,21H,11-13H2/t16-,17-,18+,19+;16-,17-,18-,19-/m01/s1. The van der Waals surface area contributed by atoms with Gasteiger partial charge in [-0.05, 0) is 48.2 Å². The molecule has 2 saturated carbocycles. The number of hydrogen-bond acceptors (Lipinski definition) is 10. The molecule has 2 N–H and O–H groups in total. The Balaban J connectivity index is 0.000000157. The Labute approximate surface area is 291 Å². The third-order valence-electron chi connectivity index (χ3n) is 9.72. The van der Waals surface area contributed by atoms with Gasteiger partial charge in [0.1, 0.15) is 12.2 Å². The zero-order valence-electron chi connectivity index (χ0n) is 27.7. The van der Waals surface area contributed by atoms with E-state index in [9.17, 15) is 9.59 Å². The monoisotopic (exact) mass is 678 g/mol. The number of nitrogens with one attached hydrogen (secondary N) is 2. The molecule has 0 unspecified atom stereocenters. The van der Waals surface area contributed by atoms with Gasteiger partial charge in [0.25, 0.3) is 0 Å². The van der Waals surface area contributed by atoms with Crippen molar-refractivity contribution < 1.29 is 38.2 Å². The molecule has 2 aliphatic carbocycles. The Morgan fingerprint density at radius 1 is 0.540 bits per heavy atom. The van der Waals surface area contributed by atoms with Crippen LogP contribution in [0.2, 0.25) is 0 Å². The molecule has 4 aromatic carbocycles. The predicted molar refractivity (Wildman–Crippen MR) is 183 cm³/mol. The fourth-order valence-corrected chi connectivity index (χ4v) is 7.06. The van der Waals surface area contributed by atoms with Crippen molar-refractivity contribution in [1.29, 1.82) is 0 Å². The SMILES string of the molecule is O=C(O[C@@H]1[C@@H]2CON[C@@H]2C[C@H]1OCc1ccccc1)c1ccccc1.O=C(O[C@@H]1[C@H]2CON[C@H]2C[C@H]1OCc1ccccc1)c1ccccc1. The number of carbonyl (C=O) groups is 2. The third kappa shape index (κ3) is 8.30. The highest BCUT2D eigenvalue weighted by Gasteiger charge is 2.50. The number of esters is 2. The topological polar surface area (TPSA) is 114 Å². The molecule has 0 aromatic heterocycles. The molecule has 2 heterocycles. The van der Waals surface area contributed by atoms with Gasteiger partial charge >= 0.3 is 11.9 Å². The minimum Gasteiger partial charge on any atom is -0.456 e. The largest absolute Gasteiger partial charge is 0.456 e. The summed E-state index contributed by atoms with van der Waals surface area (Å²) in [6.45, 7) is 2.07. The summed E-state index contributed by atoms with van der Waals surface area (Å²) in [7, 11) is 0. The summed E-state index contributed by atoms with van der Waals surface area (Å²) in [6.07, 6.45) is 0.639. The third-order valence-corrected chi connectivity index (χ3v) is 9.72. The maximum Gasteiger partial charge on any atom is 0.338 e. The molecule has 8 rings (SSSR count). The average Bonchev–Trinajstić information content (AvgIpc) is 3.96. The van der Waals surface area contributed by atoms with Gasteiger partial charge in [0.2, 0.25) is 0 Å². The van der Waals surface area contributed by atoms with Gasteiger partial charge in [0.15, 0.2) is 0 Å². The first kappa shape index (κ1) is 34.0. The molecule has 4 aromatic rings. The fourth-order valence-electron chi connectivity index (χ4n) is 7.06. The van der Waals surface area contributed by atoms with E-state index < -0.39 is 0 Å². The van der Waals surface area contributed by atoms with Gasteiger partial charge in [-0.25, -0.2) is 9.59 Å². The Morgan fingerprint density at radius 2 is 0.900 bits per heavy atom. The number of carbonyl (C=O) groups excluding carboxylic acids is 2. The summed E-state index contributed by atoms with van der Waals surface area (Å²) in [5, 5.41) is 0. The summed E-state index contributed by atoms with van der Waals surface area (Å²) in [5.41, 5.74) is 9.36. The molecule has 4 fully saturated rings. The first-order valence-electron chi connectivity index (χ1n) is 17.2. The van der Waals surface area contributed by atoms with Gasteiger partial charge in [0.05, 0.1) is 49.8 Å². The van der Waals surface area contributed by atoms with Crippen molar-refractivity contribution in [2.45, 2.75) is 62.6 Å². The number of fused-ring (bicyclic) bond motifs is 2. The number of hydrogen-bond donors (Lipinski definition) is 2. The smallest absolute Gasteiger partial charge is 0.338 e. The minimum absolute atomic E-state index is 0.119. The highest BCUT2D eigenvalue weighted by molar-refractivity contribution is 5.90. The lowest BCUT2D eigenvalue weighted by molar-refractivity contribution is -0.0656. The molecule has 0 amide bonds. The molecule has 50 heavy (non-hydrogen) atoms. The zero-order chi connectivity index (χ0) is 34.1. The van der Waals surface area contributed by atoms with Crippen LogP contribution in [-0.2, 0) is 41.8 Å². The second kappa shape index (κ2) is 16.5. The molecule has 0 radical (unpaired) electrons. The van der Waals surface area contributed by atoms with E-state index in [0.717, 1.165) is 24.0 Å². The molecule has 2 saturated heterocycles. The van der Waals surface area contributed by atoms with Crippen LogP contribution in [0.15, 0.2) is 121 Å². The molecular weight excluding hydrogens is 636 g/mol. The van der Waals surface area contributed by atoms with Gasteiger partial charge in [0, 0.05) is 23.9 Å². The van der Waals surface area contributed by atoms with Crippen LogP contribution in [0.4, 0.5) is 0 Å². The van der Waals surface area contributed by atoms with Crippen molar-refractivity contribution in [2.75, 3.05) is 13.2 Å². The van der Waals surface area contributed by atoms with Crippen molar-refractivity contribution in [3.63, 3.8) is 0 Å². The normalized spacial score (nSPS) is 27.8. The molecule has 4 aliphatic rings. The van der Waals surface area contributed by atoms with Gasteiger partial charge in [-0.1, -0.05) is 97.1 Å². The van der Waals surface area contributed by atoms with E-state index >= 15 is 0 Å². The first-order chi connectivity index (χ1) is 24.6. The summed E-state index contributed by atoms with van der Waals surface area (Å²) in [6, 6.07) is 38.5. The lowest BCUT2D eigenvalue weighted by atomic mass is 10.0. The van der Waals surface area contributed by atoms with Crippen molar-refractivity contribution in [3.05, 3.63) is 144 Å². The minimum atomic E-state index is -0.313. The molecule has 10 nitrogen and oxygen atoms in total. The summed E-state index contributed by atoms with van der Waals surface area (Å²) in [4.78, 5) is 35.6. The fraction of sp³-hybridized carbons (Fsp3) is 0.350. The molecule has 10 heteroatoms. The maximum absolute atomic E-state index is 12.5. The van der Waals surface area contributed by atoms with Crippen LogP contribution in [0, 0.1) is 11.8 Å². The second-order valence-electron chi connectivity index (χ2n) is 13.0. The van der Waals surface area contributed by atoms with Crippen LogP contribution in [0.1, 0.15) is 44.7 Å². The summed E-state index contributed by atoms with van der Waals surface area (Å²) in [5.74, 6) is -0.389. The molecule has 0 spiro atoms. The van der Waals surface area contributed by atoms with Crippen LogP contribution < -0.4 is 11.0 Å². The predicted octanol–water partition coefficient (Wildman–Crippen LogP) is 5.44. The van der Waals surface area contributed by atoms with Crippen LogP contribution in [0.3, 0.4) is 0 Å². The van der Waals surface area contributed by atoms with Gasteiger partial charge in [-0.2, -0.15) is 11.0 Å². The van der Waals surface area contributed by atoms with Gasteiger partial charge in [-0.15, -0.1) is 0 Å². The van der Waals surface area contributed by atoms with Gasteiger partial charge in [-0.3, -0.25) is 0 Å². The van der Waals surface area contributed by atoms with Crippen LogP contribution in [0.5, 0.6) is 0 Å². The highest BCUT2D eigenvalue weighted by atomic mass is 16.7. The first-order valence-corrected chi connectivity index (χ1v) is 17.2. The molecule has 0 bridgehead atoms. The Morgan fingerprint density at radius 3 is 1.28 bits per heavy atom. The van der Waals surface area contributed by atoms with E-state index in [-0.39, 0.29) is 60.3 Å². The van der Waals surface area contributed by atoms with E-state index in [1.54, 1.807) is 24.3 Å². The Bertz CT molecular complexity index is 1540. The molecule has 2 aliphatic heterocycles. The maximum atomic E-state index is 12.5. The number of hydroxylamine groups is 2. The van der Waals surface area contributed by atoms with E-state index in [4.69, 9.17) is 28.6 Å². The van der Waals surface area contributed by atoms with Crippen LogP contribution >= 0.6 is 0 Å². The van der Waals surface area contributed by atoms with Crippen LogP contribution in [-0.4, -0.2) is 61.7 Å². The average molecular weight is 679 g/mol. The lowest BCUT2D eigenvalue weighted by Gasteiger charge is -2.24. The number of ether oxygens (including phenoxy) is 4. The van der Waals surface area contributed by atoms with Gasteiger partial charge < -0.3 is 28.6 Å². The van der Waals surface area contributed by atoms with E-state index in [2.05, 4.69) is 11.0 Å². The van der Waals surface area contributed by atoms with E-state index in [0.29, 0.717) is 37.6 Å². The van der Waals surface area contributed by atoms with E-state index in [1.807, 2.05) is 97.1 Å². The molecule has 8 atom stereocenters. The highest BCUT2D eigenvalue weighted by Crippen LogP contribution is 2.37. The van der Waals surface area contributed by atoms with Crippen molar-refractivity contribution in [2.24, 2.45) is 11.8 Å². The number of rotatable bonds is 10. The van der Waals surface area contributed by atoms with Crippen molar-refractivity contribution >= 4 is 11.9 Å². The van der Waals surface area contributed by atoms with E-state index in [1.165, 1.54) is 0 Å². The summed E-state index contributed by atoms with van der Waals surface area (Å²) >= 11 is 0. The zero-order valence-corrected chi connectivity index (χ0v) is 27.7. The van der Waals surface area contributed by atoms with Crippen molar-refractivity contribution in [1.82, 2.24) is 11.0 Å². The molecule has 260 valence electrons. The summed E-state index contributed by atoms with van der Waals surface area (Å²) < 4.78 is 23.9. The lowest BCUT2D eigenvalue weighted by Crippen LogP contribution is -2.35. The Hall–Kier alpha value is -4.42. The Kier molecular flexibility index (Phi) is 11.3. The van der Waals surface area contributed by atoms with Crippen LogP contribution in [0.25, 0.3) is 0 Å². The quantitative estimate of drug-likeness (QED) is 0.210. The number of benzene rings is 4. The second-order valence-corrected chi connectivity index (χ2v) is 13.0. The van der Waals surface area contributed by atoms with Crippen molar-refractivity contribution in [3.8, 4) is 0 Å². The molecular formula is C40H42N2O8.